The first-order valence-corrected chi connectivity index (χ1v) is 10.6. The molecule has 0 bridgehead atoms. The lowest BCUT2D eigenvalue weighted by molar-refractivity contribution is -0.128. The van der Waals surface area contributed by atoms with Gasteiger partial charge in [0.1, 0.15) is 24.1 Å². The van der Waals surface area contributed by atoms with E-state index >= 15 is 0 Å². The maximum Gasteiger partial charge on any atom is 0.255 e. The first-order valence-electron chi connectivity index (χ1n) is 10.6. The number of benzene rings is 3. The van der Waals surface area contributed by atoms with Gasteiger partial charge in [-0.15, -0.1) is 0 Å². The number of piperazine rings is 1. The van der Waals surface area contributed by atoms with Gasteiger partial charge in [-0.1, -0.05) is 30.3 Å². The Labute approximate surface area is 193 Å². The maximum absolute atomic E-state index is 14.0. The first-order chi connectivity index (χ1) is 15.9. The molecule has 1 aliphatic heterocycles. The Kier molecular flexibility index (Phi) is 6.22. The maximum atomic E-state index is 14.0. The smallest absolute Gasteiger partial charge is 0.255 e. The van der Waals surface area contributed by atoms with E-state index in [0.29, 0.717) is 22.9 Å². The van der Waals surface area contributed by atoms with Crippen LogP contribution in [0.2, 0.25) is 0 Å². The monoisotopic (exact) mass is 445 g/mol. The summed E-state index contributed by atoms with van der Waals surface area (Å²) in [6, 6.07) is 21.4. The molecule has 3 aromatic rings. The van der Waals surface area contributed by atoms with Crippen molar-refractivity contribution in [1.29, 1.82) is 0 Å². The summed E-state index contributed by atoms with van der Waals surface area (Å²) in [5, 5.41) is 0. The van der Waals surface area contributed by atoms with Gasteiger partial charge >= 0.3 is 0 Å². The third-order valence-corrected chi connectivity index (χ3v) is 5.76. The number of carbonyl (C=O) groups is 2. The lowest BCUT2D eigenvalue weighted by Gasteiger charge is -2.40. The number of amides is 2. The minimum atomic E-state index is -0.819. The normalized spacial score (nSPS) is 16.1. The zero-order valence-corrected chi connectivity index (χ0v) is 19.2. The Morgan fingerprint density at radius 3 is 2.18 bits per heavy atom. The van der Waals surface area contributed by atoms with Gasteiger partial charge in [0.2, 0.25) is 5.91 Å². The molecule has 1 saturated heterocycles. The molecule has 0 aliphatic carbocycles. The average molecular weight is 446 g/mol. The molecule has 0 unspecified atom stereocenters. The number of hydrogen-bond donors (Lipinski definition) is 0. The Morgan fingerprint density at radius 1 is 0.879 bits per heavy atom. The molecule has 33 heavy (non-hydrogen) atoms. The highest BCUT2D eigenvalue weighted by atomic mass is 16.5. The van der Waals surface area contributed by atoms with Crippen molar-refractivity contribution < 1.29 is 19.1 Å². The van der Waals surface area contributed by atoms with Crippen molar-refractivity contribution in [2.45, 2.75) is 6.04 Å². The molecule has 2 amide bonds. The van der Waals surface area contributed by atoms with Crippen LogP contribution in [0.1, 0.15) is 11.6 Å². The van der Waals surface area contributed by atoms with Crippen molar-refractivity contribution >= 4 is 28.9 Å². The number of anilines is 3. The third kappa shape index (κ3) is 4.22. The van der Waals surface area contributed by atoms with Gasteiger partial charge in [-0.05, 0) is 42.0 Å². The number of para-hydroxylation sites is 1. The van der Waals surface area contributed by atoms with E-state index in [-0.39, 0.29) is 18.4 Å². The molecule has 0 radical (unpaired) electrons. The van der Waals surface area contributed by atoms with E-state index in [4.69, 9.17) is 9.47 Å². The molecule has 0 N–H and O–H groups in total. The highest BCUT2D eigenvalue weighted by molar-refractivity contribution is 6.15. The number of rotatable bonds is 6. The van der Waals surface area contributed by atoms with Crippen molar-refractivity contribution in [2.24, 2.45) is 0 Å². The fourth-order valence-corrected chi connectivity index (χ4v) is 4.03. The summed E-state index contributed by atoms with van der Waals surface area (Å²) in [6.07, 6.45) is 0. The number of hydrogen-bond acceptors (Lipinski definition) is 5. The van der Waals surface area contributed by atoms with Gasteiger partial charge < -0.3 is 14.4 Å². The molecule has 7 heteroatoms. The largest absolute Gasteiger partial charge is 0.497 e. The molecule has 1 heterocycles. The Hall–Kier alpha value is -4.00. The van der Waals surface area contributed by atoms with Crippen LogP contribution in [0.3, 0.4) is 0 Å². The number of methoxy groups -OCH3 is 2. The van der Waals surface area contributed by atoms with Crippen molar-refractivity contribution in [3.63, 3.8) is 0 Å². The van der Waals surface area contributed by atoms with Crippen molar-refractivity contribution in [1.82, 2.24) is 0 Å². The van der Waals surface area contributed by atoms with E-state index in [2.05, 4.69) is 0 Å². The summed E-state index contributed by atoms with van der Waals surface area (Å²) >= 11 is 0. The molecule has 0 saturated carbocycles. The quantitative estimate of drug-likeness (QED) is 0.576. The topological polar surface area (TPSA) is 62.3 Å². The minimum absolute atomic E-state index is 0.108. The highest BCUT2D eigenvalue weighted by Crippen LogP contribution is 2.39. The molecule has 170 valence electrons. The summed E-state index contributed by atoms with van der Waals surface area (Å²) in [6.45, 7) is -0.108. The van der Waals surface area contributed by atoms with Crippen LogP contribution in [0.4, 0.5) is 17.1 Å². The first kappa shape index (κ1) is 22.2. The molecule has 1 aliphatic rings. The number of nitrogens with zero attached hydrogens (tertiary/aromatic N) is 3. The summed E-state index contributed by atoms with van der Waals surface area (Å²) in [4.78, 5) is 32.5. The van der Waals surface area contributed by atoms with Crippen LogP contribution in [0, 0.1) is 0 Å². The second-order valence-corrected chi connectivity index (χ2v) is 7.95. The van der Waals surface area contributed by atoms with Crippen LogP contribution in [0.15, 0.2) is 72.8 Å². The van der Waals surface area contributed by atoms with E-state index in [0.717, 1.165) is 11.3 Å². The fraction of sp³-hybridized carbons (Fsp3) is 0.231. The van der Waals surface area contributed by atoms with Gasteiger partial charge in [0.15, 0.2) is 0 Å². The van der Waals surface area contributed by atoms with Gasteiger partial charge in [0.05, 0.1) is 19.9 Å². The van der Waals surface area contributed by atoms with Crippen molar-refractivity contribution in [2.75, 3.05) is 49.6 Å². The molecule has 4 rings (SSSR count). The van der Waals surface area contributed by atoms with Crippen molar-refractivity contribution in [3.8, 4) is 11.5 Å². The zero-order valence-electron chi connectivity index (χ0n) is 19.2. The standard InChI is InChI=1S/C26H27N3O4/c1-27(2)19-12-10-18(11-13-19)25-26(31)28(22-16-21(32-3)14-15-23(22)33-4)17-24(30)29(25)20-8-6-5-7-9-20/h5-16,25H,17H2,1-4H3/t25-/m0/s1. The molecule has 1 atom stereocenters. The van der Waals surface area contributed by atoms with E-state index < -0.39 is 6.04 Å². The highest BCUT2D eigenvalue weighted by Gasteiger charge is 2.42. The SMILES string of the molecule is COc1ccc(OC)c(N2CC(=O)N(c3ccccc3)[C@@H](c3ccc(N(C)C)cc3)C2=O)c1. The molecular weight excluding hydrogens is 418 g/mol. The number of ether oxygens (including phenoxy) is 2. The van der Waals surface area contributed by atoms with Crippen LogP contribution in [-0.2, 0) is 9.59 Å². The van der Waals surface area contributed by atoms with Gasteiger partial charge in [-0.2, -0.15) is 0 Å². The fourth-order valence-electron chi connectivity index (χ4n) is 4.03. The minimum Gasteiger partial charge on any atom is -0.497 e. The lowest BCUT2D eigenvalue weighted by Crippen LogP contribution is -2.56. The van der Waals surface area contributed by atoms with Crippen LogP contribution in [0.5, 0.6) is 11.5 Å². The Bertz CT molecular complexity index is 1150. The van der Waals surface area contributed by atoms with E-state index in [9.17, 15) is 9.59 Å². The molecule has 0 aromatic heterocycles. The van der Waals surface area contributed by atoms with E-state index in [1.54, 1.807) is 30.2 Å². The summed E-state index contributed by atoms with van der Waals surface area (Å²) < 4.78 is 10.8. The molecule has 7 nitrogen and oxygen atoms in total. The predicted octanol–water partition coefficient (Wildman–Crippen LogP) is 3.89. The third-order valence-electron chi connectivity index (χ3n) is 5.76. The van der Waals surface area contributed by atoms with Crippen LogP contribution >= 0.6 is 0 Å². The summed E-state index contributed by atoms with van der Waals surface area (Å²) in [5.74, 6) is 0.658. The Morgan fingerprint density at radius 2 is 1.58 bits per heavy atom. The van der Waals surface area contributed by atoms with Crippen LogP contribution in [0.25, 0.3) is 0 Å². The summed E-state index contributed by atoms with van der Waals surface area (Å²) in [7, 11) is 7.00. The molecule has 3 aromatic carbocycles. The number of carbonyl (C=O) groups excluding carboxylic acids is 2. The van der Waals surface area contributed by atoms with Crippen molar-refractivity contribution in [3.05, 3.63) is 78.4 Å². The second-order valence-electron chi connectivity index (χ2n) is 7.95. The van der Waals surface area contributed by atoms with E-state index in [1.807, 2.05) is 73.6 Å². The second kappa shape index (κ2) is 9.24. The van der Waals surface area contributed by atoms with Crippen LogP contribution < -0.4 is 24.2 Å². The van der Waals surface area contributed by atoms with Gasteiger partial charge in [-0.25, -0.2) is 0 Å². The van der Waals surface area contributed by atoms with E-state index in [1.165, 1.54) is 12.0 Å². The summed E-state index contributed by atoms with van der Waals surface area (Å²) in [5.41, 5.74) is 2.91. The molecule has 1 fully saturated rings. The molecule has 0 spiro atoms. The van der Waals surface area contributed by atoms with Gasteiger partial charge in [0, 0.05) is 31.5 Å². The zero-order chi connectivity index (χ0) is 23.5. The van der Waals surface area contributed by atoms with Gasteiger partial charge in [0.25, 0.3) is 5.91 Å². The average Bonchev–Trinajstić information content (AvgIpc) is 2.85. The van der Waals surface area contributed by atoms with Gasteiger partial charge in [-0.3, -0.25) is 19.4 Å². The Balaban J connectivity index is 1.83. The lowest BCUT2D eigenvalue weighted by atomic mass is 9.98. The predicted molar refractivity (Wildman–Crippen MR) is 129 cm³/mol. The molecular formula is C26H27N3O4. The van der Waals surface area contributed by atoms with Crippen LogP contribution in [-0.4, -0.2) is 46.7 Å².